The maximum atomic E-state index is 11.9. The number of nitrogens with one attached hydrogen (secondary N) is 1. The lowest BCUT2D eigenvalue weighted by atomic mass is 10.1. The molecule has 2 N–H and O–H groups in total. The van der Waals surface area contributed by atoms with Crippen LogP contribution in [0.5, 0.6) is 0 Å². The van der Waals surface area contributed by atoms with Crippen LogP contribution in [0.1, 0.15) is 37.7 Å². The van der Waals surface area contributed by atoms with Gasteiger partial charge < -0.3 is 15.0 Å². The average molecular weight is 369 g/mol. The minimum absolute atomic E-state index is 0.409. The Labute approximate surface area is 158 Å². The highest BCUT2D eigenvalue weighted by atomic mass is 32.1. The Morgan fingerprint density at radius 3 is 2.46 bits per heavy atom. The zero-order chi connectivity index (χ0) is 18.7. The fourth-order valence-electron chi connectivity index (χ4n) is 3.36. The standard InChI is InChI=1S/C21H24N2O2S/c1-14-6-8-17(9-7-14)23-15(2)19(20(16(23)3)21(24)25)13-22-11-10-18-5-4-12-26-18/h4-9,12,22H,10-11,13H2,1-3H3,(H,24,25). The van der Waals surface area contributed by atoms with E-state index < -0.39 is 5.97 Å². The van der Waals surface area contributed by atoms with Gasteiger partial charge in [-0.2, -0.15) is 0 Å². The molecule has 0 aliphatic heterocycles. The lowest BCUT2D eigenvalue weighted by Crippen LogP contribution is -2.18. The molecule has 0 saturated heterocycles. The van der Waals surface area contributed by atoms with E-state index in [1.165, 1.54) is 10.4 Å². The Balaban J connectivity index is 1.85. The van der Waals surface area contributed by atoms with E-state index >= 15 is 0 Å². The van der Waals surface area contributed by atoms with Crippen molar-refractivity contribution in [1.82, 2.24) is 9.88 Å². The first-order chi connectivity index (χ1) is 12.5. The quantitative estimate of drug-likeness (QED) is 0.604. The predicted molar refractivity (Wildman–Crippen MR) is 107 cm³/mol. The zero-order valence-corrected chi connectivity index (χ0v) is 16.2. The maximum Gasteiger partial charge on any atom is 0.337 e. The van der Waals surface area contributed by atoms with Crippen LogP contribution in [0.4, 0.5) is 0 Å². The molecule has 3 aromatic rings. The van der Waals surface area contributed by atoms with Gasteiger partial charge in [-0.25, -0.2) is 4.79 Å². The largest absolute Gasteiger partial charge is 0.478 e. The highest BCUT2D eigenvalue weighted by Gasteiger charge is 2.23. The summed E-state index contributed by atoms with van der Waals surface area (Å²) >= 11 is 1.75. The van der Waals surface area contributed by atoms with E-state index in [4.69, 9.17) is 0 Å². The molecule has 0 aliphatic rings. The summed E-state index contributed by atoms with van der Waals surface area (Å²) in [5.41, 5.74) is 5.21. The van der Waals surface area contributed by atoms with E-state index in [0.29, 0.717) is 12.1 Å². The van der Waals surface area contributed by atoms with Crippen molar-refractivity contribution >= 4 is 17.3 Å². The van der Waals surface area contributed by atoms with Crippen molar-refractivity contribution in [3.05, 3.63) is 74.7 Å². The van der Waals surface area contributed by atoms with Gasteiger partial charge in [0.1, 0.15) is 0 Å². The van der Waals surface area contributed by atoms with Crippen molar-refractivity contribution < 1.29 is 9.90 Å². The van der Waals surface area contributed by atoms with Crippen LogP contribution >= 0.6 is 11.3 Å². The normalized spacial score (nSPS) is 11.0. The minimum Gasteiger partial charge on any atom is -0.478 e. The summed E-state index contributed by atoms with van der Waals surface area (Å²) in [6.45, 7) is 7.30. The number of aromatic nitrogens is 1. The average Bonchev–Trinajstić information content (AvgIpc) is 3.19. The topological polar surface area (TPSA) is 54.3 Å². The van der Waals surface area contributed by atoms with E-state index in [1.807, 2.05) is 49.6 Å². The monoisotopic (exact) mass is 368 g/mol. The van der Waals surface area contributed by atoms with Gasteiger partial charge in [0.05, 0.1) is 5.56 Å². The van der Waals surface area contributed by atoms with Crippen LogP contribution in [-0.2, 0) is 13.0 Å². The summed E-state index contributed by atoms with van der Waals surface area (Å²) in [6, 6.07) is 12.3. The number of carboxylic acid groups (broad SMARTS) is 1. The summed E-state index contributed by atoms with van der Waals surface area (Å²) < 4.78 is 2.04. The lowest BCUT2D eigenvalue weighted by molar-refractivity contribution is 0.0695. The summed E-state index contributed by atoms with van der Waals surface area (Å²) in [5.74, 6) is -0.869. The van der Waals surface area contributed by atoms with Crippen LogP contribution in [0.25, 0.3) is 5.69 Å². The predicted octanol–water partition coefficient (Wildman–Crippen LogP) is 4.49. The van der Waals surface area contributed by atoms with Gasteiger partial charge in [-0.15, -0.1) is 11.3 Å². The second kappa shape index (κ2) is 7.89. The minimum atomic E-state index is -0.869. The molecule has 0 atom stereocenters. The molecular weight excluding hydrogens is 344 g/mol. The van der Waals surface area contributed by atoms with Gasteiger partial charge in [0.15, 0.2) is 0 Å². The van der Waals surface area contributed by atoms with Gasteiger partial charge in [-0.3, -0.25) is 0 Å². The summed E-state index contributed by atoms with van der Waals surface area (Å²) in [4.78, 5) is 13.2. The molecule has 26 heavy (non-hydrogen) atoms. The molecule has 2 aromatic heterocycles. The Morgan fingerprint density at radius 2 is 1.85 bits per heavy atom. The molecule has 0 amide bonds. The second-order valence-corrected chi connectivity index (χ2v) is 7.54. The molecular formula is C21H24N2O2S. The van der Waals surface area contributed by atoms with Gasteiger partial charge in [-0.1, -0.05) is 23.8 Å². The number of aromatic carboxylic acids is 1. The zero-order valence-electron chi connectivity index (χ0n) is 15.4. The number of carbonyl (C=O) groups is 1. The van der Waals surface area contributed by atoms with Gasteiger partial charge >= 0.3 is 5.97 Å². The van der Waals surface area contributed by atoms with E-state index in [0.717, 1.165) is 35.6 Å². The first-order valence-corrected chi connectivity index (χ1v) is 9.61. The van der Waals surface area contributed by atoms with E-state index in [-0.39, 0.29) is 0 Å². The molecule has 2 heterocycles. The number of benzene rings is 1. The van der Waals surface area contributed by atoms with Crippen molar-refractivity contribution in [3.8, 4) is 5.69 Å². The number of carboxylic acids is 1. The molecule has 0 radical (unpaired) electrons. The van der Waals surface area contributed by atoms with Crippen LogP contribution in [0, 0.1) is 20.8 Å². The smallest absolute Gasteiger partial charge is 0.337 e. The van der Waals surface area contributed by atoms with Crippen molar-refractivity contribution in [3.63, 3.8) is 0 Å². The molecule has 0 saturated carbocycles. The van der Waals surface area contributed by atoms with Gasteiger partial charge in [-0.05, 0) is 50.8 Å². The first-order valence-electron chi connectivity index (χ1n) is 8.73. The third-order valence-corrected chi connectivity index (χ3v) is 5.64. The summed E-state index contributed by atoms with van der Waals surface area (Å²) in [7, 11) is 0. The van der Waals surface area contributed by atoms with Gasteiger partial charge in [0.25, 0.3) is 0 Å². The summed E-state index contributed by atoms with van der Waals surface area (Å²) in [6.07, 6.45) is 0.955. The molecule has 0 spiro atoms. The molecule has 136 valence electrons. The third-order valence-electron chi connectivity index (χ3n) is 4.71. The number of aryl methyl sites for hydroxylation is 1. The van der Waals surface area contributed by atoms with E-state index in [9.17, 15) is 9.90 Å². The SMILES string of the molecule is Cc1ccc(-n2c(C)c(CNCCc3cccs3)c(C(=O)O)c2C)cc1. The van der Waals surface area contributed by atoms with Gasteiger partial charge in [0.2, 0.25) is 0 Å². The highest BCUT2D eigenvalue weighted by molar-refractivity contribution is 7.09. The second-order valence-electron chi connectivity index (χ2n) is 6.51. The Kier molecular flexibility index (Phi) is 5.59. The van der Waals surface area contributed by atoms with Crippen molar-refractivity contribution in [2.24, 2.45) is 0 Å². The van der Waals surface area contributed by atoms with Crippen LogP contribution in [0.3, 0.4) is 0 Å². The molecule has 4 nitrogen and oxygen atoms in total. The number of nitrogens with zero attached hydrogens (tertiary/aromatic N) is 1. The van der Waals surface area contributed by atoms with Crippen molar-refractivity contribution in [1.29, 1.82) is 0 Å². The fourth-order valence-corrected chi connectivity index (χ4v) is 4.07. The third kappa shape index (κ3) is 3.74. The number of hydrogen-bond donors (Lipinski definition) is 2. The molecule has 0 unspecified atom stereocenters. The molecule has 0 aliphatic carbocycles. The van der Waals surface area contributed by atoms with Crippen molar-refractivity contribution in [2.75, 3.05) is 6.54 Å². The van der Waals surface area contributed by atoms with Gasteiger partial charge in [0, 0.05) is 40.6 Å². The Hall–Kier alpha value is -2.37. The molecule has 5 heteroatoms. The number of thiophene rings is 1. The Bertz CT molecular complexity index is 893. The maximum absolute atomic E-state index is 11.9. The van der Waals surface area contributed by atoms with Crippen LogP contribution in [0.2, 0.25) is 0 Å². The highest BCUT2D eigenvalue weighted by Crippen LogP contribution is 2.26. The van der Waals surface area contributed by atoms with E-state index in [2.05, 4.69) is 22.8 Å². The van der Waals surface area contributed by atoms with Crippen LogP contribution in [0.15, 0.2) is 41.8 Å². The first kappa shape index (κ1) is 18.4. The number of rotatable bonds is 7. The Morgan fingerprint density at radius 1 is 1.12 bits per heavy atom. The fraction of sp³-hybridized carbons (Fsp3) is 0.286. The van der Waals surface area contributed by atoms with Crippen molar-refractivity contribution in [2.45, 2.75) is 33.7 Å². The number of hydrogen-bond acceptors (Lipinski definition) is 3. The molecule has 0 bridgehead atoms. The van der Waals surface area contributed by atoms with Crippen LogP contribution < -0.4 is 5.32 Å². The van der Waals surface area contributed by atoms with E-state index in [1.54, 1.807) is 11.3 Å². The molecule has 1 aromatic carbocycles. The summed E-state index contributed by atoms with van der Waals surface area (Å²) in [5, 5.41) is 15.2. The molecule has 3 rings (SSSR count). The molecule has 0 fully saturated rings. The van der Waals surface area contributed by atoms with Crippen LogP contribution in [-0.4, -0.2) is 22.2 Å². The lowest BCUT2D eigenvalue weighted by Gasteiger charge is -2.10.